The van der Waals surface area contributed by atoms with Gasteiger partial charge in [-0.1, -0.05) is 24.3 Å². The molecule has 0 amide bonds. The van der Waals surface area contributed by atoms with Gasteiger partial charge in [0.05, 0.1) is 6.61 Å². The molecule has 3 heteroatoms. The minimum Gasteiger partial charge on any atom is -0.380 e. The molecule has 1 aromatic rings. The van der Waals surface area contributed by atoms with E-state index in [4.69, 9.17) is 4.74 Å². The maximum absolute atomic E-state index is 5.19. The Bertz CT molecular complexity index is 381. The van der Waals surface area contributed by atoms with Crippen molar-refractivity contribution in [2.45, 2.75) is 39.1 Å². The number of piperazine rings is 1. The van der Waals surface area contributed by atoms with Crippen LogP contribution < -0.4 is 5.32 Å². The van der Waals surface area contributed by atoms with Crippen LogP contribution in [0.2, 0.25) is 0 Å². The van der Waals surface area contributed by atoms with Crippen LogP contribution in [-0.2, 0) is 17.9 Å². The standard InChI is InChI=1S/C15H24N2O/c1-12-9-17(13(2)8-16-12)10-14-5-4-6-15(7-14)11-18-3/h4-7,12-13,16H,8-11H2,1-3H3. The van der Waals surface area contributed by atoms with Gasteiger partial charge in [-0.2, -0.15) is 0 Å². The average molecular weight is 248 g/mol. The lowest BCUT2D eigenvalue weighted by Crippen LogP contribution is -2.53. The van der Waals surface area contributed by atoms with Crippen LogP contribution in [0.1, 0.15) is 25.0 Å². The number of methoxy groups -OCH3 is 1. The second-order valence-corrected chi connectivity index (χ2v) is 5.34. The first kappa shape index (κ1) is 13.5. The number of hydrogen-bond donors (Lipinski definition) is 1. The van der Waals surface area contributed by atoms with Crippen molar-refractivity contribution in [2.75, 3.05) is 20.2 Å². The van der Waals surface area contributed by atoms with Gasteiger partial charge in [-0.05, 0) is 25.0 Å². The summed E-state index contributed by atoms with van der Waals surface area (Å²) in [5.41, 5.74) is 2.64. The number of rotatable bonds is 4. The van der Waals surface area contributed by atoms with Crippen molar-refractivity contribution in [2.24, 2.45) is 0 Å². The summed E-state index contributed by atoms with van der Waals surface area (Å²) in [6.07, 6.45) is 0. The smallest absolute Gasteiger partial charge is 0.0713 e. The molecule has 0 bridgehead atoms. The molecule has 2 unspecified atom stereocenters. The molecule has 0 aliphatic carbocycles. The number of ether oxygens (including phenoxy) is 1. The number of hydrogen-bond acceptors (Lipinski definition) is 3. The van der Waals surface area contributed by atoms with E-state index >= 15 is 0 Å². The van der Waals surface area contributed by atoms with E-state index in [1.54, 1.807) is 7.11 Å². The highest BCUT2D eigenvalue weighted by Crippen LogP contribution is 2.14. The lowest BCUT2D eigenvalue weighted by molar-refractivity contribution is 0.138. The second-order valence-electron chi connectivity index (χ2n) is 5.34. The molecular weight excluding hydrogens is 224 g/mol. The highest BCUT2D eigenvalue weighted by atomic mass is 16.5. The molecule has 2 atom stereocenters. The zero-order valence-corrected chi connectivity index (χ0v) is 11.6. The van der Waals surface area contributed by atoms with E-state index in [9.17, 15) is 0 Å². The second kappa shape index (κ2) is 6.32. The molecule has 3 nitrogen and oxygen atoms in total. The first-order chi connectivity index (χ1) is 8.69. The molecule has 18 heavy (non-hydrogen) atoms. The van der Waals surface area contributed by atoms with Crippen LogP contribution in [-0.4, -0.2) is 37.2 Å². The Labute approximate surface area is 110 Å². The highest BCUT2D eigenvalue weighted by molar-refractivity contribution is 5.23. The van der Waals surface area contributed by atoms with Crippen LogP contribution in [0.25, 0.3) is 0 Å². The van der Waals surface area contributed by atoms with Gasteiger partial charge in [0.15, 0.2) is 0 Å². The van der Waals surface area contributed by atoms with Gasteiger partial charge in [0, 0.05) is 38.8 Å². The summed E-state index contributed by atoms with van der Waals surface area (Å²) in [5.74, 6) is 0. The van der Waals surface area contributed by atoms with Gasteiger partial charge >= 0.3 is 0 Å². The van der Waals surface area contributed by atoms with Crippen LogP contribution in [0, 0.1) is 0 Å². The van der Waals surface area contributed by atoms with Crippen molar-refractivity contribution in [3.05, 3.63) is 35.4 Å². The Morgan fingerprint density at radius 2 is 2.11 bits per heavy atom. The molecule has 0 saturated carbocycles. The monoisotopic (exact) mass is 248 g/mol. The van der Waals surface area contributed by atoms with Crippen LogP contribution in [0.5, 0.6) is 0 Å². The molecule has 1 N–H and O–H groups in total. The molecule has 0 spiro atoms. The first-order valence-corrected chi connectivity index (χ1v) is 6.73. The summed E-state index contributed by atoms with van der Waals surface area (Å²) in [5, 5.41) is 3.52. The Kier molecular flexibility index (Phi) is 4.75. The highest BCUT2D eigenvalue weighted by Gasteiger charge is 2.22. The summed E-state index contributed by atoms with van der Waals surface area (Å²) in [7, 11) is 1.74. The Morgan fingerprint density at radius 3 is 2.89 bits per heavy atom. The van der Waals surface area contributed by atoms with Crippen molar-refractivity contribution >= 4 is 0 Å². The lowest BCUT2D eigenvalue weighted by atomic mass is 10.1. The van der Waals surface area contributed by atoms with Crippen molar-refractivity contribution in [3.63, 3.8) is 0 Å². The molecule has 2 rings (SSSR count). The minimum atomic E-state index is 0.586. The summed E-state index contributed by atoms with van der Waals surface area (Å²) in [6.45, 7) is 8.47. The zero-order chi connectivity index (χ0) is 13.0. The fourth-order valence-corrected chi connectivity index (χ4v) is 2.54. The van der Waals surface area contributed by atoms with Gasteiger partial charge < -0.3 is 10.1 Å². The fourth-order valence-electron chi connectivity index (χ4n) is 2.54. The predicted molar refractivity (Wildman–Crippen MR) is 74.5 cm³/mol. The normalized spacial score (nSPS) is 25.3. The quantitative estimate of drug-likeness (QED) is 0.882. The molecule has 0 aromatic heterocycles. The largest absolute Gasteiger partial charge is 0.380 e. The molecule has 1 aliphatic heterocycles. The molecule has 1 saturated heterocycles. The van der Waals surface area contributed by atoms with Crippen molar-refractivity contribution in [1.29, 1.82) is 0 Å². The molecule has 1 aromatic carbocycles. The van der Waals surface area contributed by atoms with E-state index in [0.29, 0.717) is 18.7 Å². The summed E-state index contributed by atoms with van der Waals surface area (Å²) < 4.78 is 5.19. The van der Waals surface area contributed by atoms with Crippen LogP contribution >= 0.6 is 0 Å². The fraction of sp³-hybridized carbons (Fsp3) is 0.600. The lowest BCUT2D eigenvalue weighted by Gasteiger charge is -2.37. The number of nitrogens with zero attached hydrogens (tertiary/aromatic N) is 1. The van der Waals surface area contributed by atoms with Crippen molar-refractivity contribution in [3.8, 4) is 0 Å². The van der Waals surface area contributed by atoms with Gasteiger partial charge in [0.2, 0.25) is 0 Å². The maximum atomic E-state index is 5.19. The van der Waals surface area contributed by atoms with Gasteiger partial charge in [-0.15, -0.1) is 0 Å². The van der Waals surface area contributed by atoms with E-state index in [-0.39, 0.29) is 0 Å². The van der Waals surface area contributed by atoms with E-state index in [2.05, 4.69) is 48.3 Å². The van der Waals surface area contributed by atoms with Crippen LogP contribution in [0.15, 0.2) is 24.3 Å². The molecule has 0 radical (unpaired) electrons. The summed E-state index contributed by atoms with van der Waals surface area (Å²) in [6, 6.07) is 9.90. The van der Waals surface area contributed by atoms with Gasteiger partial charge in [-0.3, -0.25) is 4.90 Å². The van der Waals surface area contributed by atoms with E-state index < -0.39 is 0 Å². The van der Waals surface area contributed by atoms with E-state index in [1.165, 1.54) is 11.1 Å². The van der Waals surface area contributed by atoms with Gasteiger partial charge in [-0.25, -0.2) is 0 Å². The third kappa shape index (κ3) is 3.55. The molecule has 100 valence electrons. The predicted octanol–water partition coefficient (Wildman–Crippen LogP) is 2.02. The minimum absolute atomic E-state index is 0.586. The Morgan fingerprint density at radius 1 is 1.33 bits per heavy atom. The SMILES string of the molecule is COCc1cccc(CN2CC(C)NCC2C)c1. The maximum Gasteiger partial charge on any atom is 0.0713 e. The molecular formula is C15H24N2O. The summed E-state index contributed by atoms with van der Waals surface area (Å²) in [4.78, 5) is 2.55. The molecule has 1 fully saturated rings. The average Bonchev–Trinajstić information content (AvgIpc) is 2.35. The molecule has 1 heterocycles. The number of benzene rings is 1. The number of nitrogens with one attached hydrogen (secondary N) is 1. The van der Waals surface area contributed by atoms with E-state index in [0.717, 1.165) is 19.6 Å². The van der Waals surface area contributed by atoms with Crippen LogP contribution in [0.3, 0.4) is 0 Å². The first-order valence-electron chi connectivity index (χ1n) is 6.73. The third-order valence-electron chi connectivity index (χ3n) is 3.58. The van der Waals surface area contributed by atoms with Gasteiger partial charge in [0.1, 0.15) is 0 Å². The van der Waals surface area contributed by atoms with Gasteiger partial charge in [0.25, 0.3) is 0 Å². The van der Waals surface area contributed by atoms with Crippen molar-refractivity contribution < 1.29 is 4.74 Å². The third-order valence-corrected chi connectivity index (χ3v) is 3.58. The topological polar surface area (TPSA) is 24.5 Å². The van der Waals surface area contributed by atoms with Crippen LogP contribution in [0.4, 0.5) is 0 Å². The Balaban J connectivity index is 2.01. The van der Waals surface area contributed by atoms with Crippen molar-refractivity contribution in [1.82, 2.24) is 10.2 Å². The van der Waals surface area contributed by atoms with E-state index in [1.807, 2.05) is 0 Å². The Hall–Kier alpha value is -0.900. The summed E-state index contributed by atoms with van der Waals surface area (Å²) >= 11 is 0. The zero-order valence-electron chi connectivity index (χ0n) is 11.6. The molecule has 1 aliphatic rings.